The number of carbonyl (C=O) groups is 1. The van der Waals surface area contributed by atoms with Gasteiger partial charge in [0.25, 0.3) is 0 Å². The number of nitrogens with one attached hydrogen (secondary N) is 1. The van der Waals surface area contributed by atoms with Crippen molar-refractivity contribution < 1.29 is 14.6 Å². The minimum Gasteiger partial charge on any atom is -0.504 e. The van der Waals surface area contributed by atoms with Crippen LogP contribution in [0.15, 0.2) is 23.3 Å². The molecule has 0 saturated carbocycles. The Morgan fingerprint density at radius 2 is 2.35 bits per heavy atom. The van der Waals surface area contributed by atoms with Crippen molar-refractivity contribution in [2.24, 2.45) is 5.10 Å². The second kappa shape index (κ2) is 6.52. The molecule has 1 aromatic carbocycles. The summed E-state index contributed by atoms with van der Waals surface area (Å²) in [7, 11) is 1.47. The largest absolute Gasteiger partial charge is 0.504 e. The van der Waals surface area contributed by atoms with Crippen LogP contribution >= 0.6 is 0 Å². The first-order valence-electron chi connectivity index (χ1n) is 5.36. The van der Waals surface area contributed by atoms with Crippen molar-refractivity contribution in [1.29, 1.82) is 0 Å². The number of hydrogen-bond acceptors (Lipinski definition) is 4. The predicted molar refractivity (Wildman–Crippen MR) is 65.3 cm³/mol. The number of rotatable bonds is 5. The van der Waals surface area contributed by atoms with Crippen molar-refractivity contribution in [3.63, 3.8) is 0 Å². The zero-order chi connectivity index (χ0) is 12.7. The number of amides is 1. The van der Waals surface area contributed by atoms with E-state index in [1.54, 1.807) is 12.1 Å². The second-order valence-electron chi connectivity index (χ2n) is 3.47. The van der Waals surface area contributed by atoms with Crippen LogP contribution in [0.4, 0.5) is 0 Å². The van der Waals surface area contributed by atoms with Crippen LogP contribution in [0.5, 0.6) is 11.5 Å². The highest BCUT2D eigenvalue weighted by Gasteiger charge is 2.01. The number of benzene rings is 1. The molecule has 0 saturated heterocycles. The van der Waals surface area contributed by atoms with Gasteiger partial charge in [-0.3, -0.25) is 4.79 Å². The van der Waals surface area contributed by atoms with E-state index in [1.807, 2.05) is 6.92 Å². The fourth-order valence-corrected chi connectivity index (χ4v) is 1.24. The maximum atomic E-state index is 11.1. The molecule has 0 atom stereocenters. The SMILES string of the molecule is CCCC(=O)NN=Cc1ccc(O)c(OC)c1. The Morgan fingerprint density at radius 1 is 1.59 bits per heavy atom. The number of phenols is 1. The molecule has 0 unspecified atom stereocenters. The van der Waals surface area contributed by atoms with Gasteiger partial charge in [-0.2, -0.15) is 5.10 Å². The van der Waals surface area contributed by atoms with Gasteiger partial charge in [-0.1, -0.05) is 6.92 Å². The van der Waals surface area contributed by atoms with Crippen molar-refractivity contribution in [3.05, 3.63) is 23.8 Å². The van der Waals surface area contributed by atoms with Gasteiger partial charge in [-0.25, -0.2) is 5.43 Å². The van der Waals surface area contributed by atoms with Crippen molar-refractivity contribution >= 4 is 12.1 Å². The second-order valence-corrected chi connectivity index (χ2v) is 3.47. The fraction of sp³-hybridized carbons (Fsp3) is 0.333. The molecule has 92 valence electrons. The topological polar surface area (TPSA) is 70.9 Å². The minimum atomic E-state index is -0.116. The summed E-state index contributed by atoms with van der Waals surface area (Å²) in [6.07, 6.45) is 2.74. The third kappa shape index (κ3) is 4.14. The molecule has 0 aliphatic carbocycles. The van der Waals surface area contributed by atoms with Gasteiger partial charge in [0.15, 0.2) is 11.5 Å². The van der Waals surface area contributed by atoms with Crippen molar-refractivity contribution in [2.75, 3.05) is 7.11 Å². The molecule has 17 heavy (non-hydrogen) atoms. The number of carbonyl (C=O) groups excluding carboxylic acids is 1. The Kier molecular flexibility index (Phi) is 5.00. The molecule has 0 aliphatic rings. The predicted octanol–water partition coefficient (Wildman–Crippen LogP) is 1.65. The van der Waals surface area contributed by atoms with E-state index in [2.05, 4.69) is 10.5 Å². The van der Waals surface area contributed by atoms with E-state index in [-0.39, 0.29) is 11.7 Å². The number of ether oxygens (including phenoxy) is 1. The molecule has 0 bridgehead atoms. The van der Waals surface area contributed by atoms with Crippen LogP contribution in [-0.2, 0) is 4.79 Å². The lowest BCUT2D eigenvalue weighted by Crippen LogP contribution is -2.16. The van der Waals surface area contributed by atoms with Crippen LogP contribution in [0.3, 0.4) is 0 Å². The van der Waals surface area contributed by atoms with Gasteiger partial charge in [-0.15, -0.1) is 0 Å². The number of phenolic OH excluding ortho intramolecular Hbond substituents is 1. The summed E-state index contributed by atoms with van der Waals surface area (Å²) in [5.41, 5.74) is 3.14. The molecule has 1 aromatic rings. The van der Waals surface area contributed by atoms with Gasteiger partial charge in [0, 0.05) is 6.42 Å². The van der Waals surface area contributed by atoms with E-state index in [1.165, 1.54) is 19.4 Å². The summed E-state index contributed by atoms with van der Waals surface area (Å²) in [5, 5.41) is 13.2. The third-order valence-electron chi connectivity index (χ3n) is 2.08. The molecular formula is C12H16N2O3. The first-order chi connectivity index (χ1) is 8.17. The fourth-order valence-electron chi connectivity index (χ4n) is 1.24. The first-order valence-corrected chi connectivity index (χ1v) is 5.36. The van der Waals surface area contributed by atoms with E-state index in [4.69, 9.17) is 4.74 Å². The Morgan fingerprint density at radius 3 is 3.00 bits per heavy atom. The highest BCUT2D eigenvalue weighted by molar-refractivity contribution is 5.83. The molecule has 1 amide bonds. The summed E-state index contributed by atoms with van der Waals surface area (Å²) < 4.78 is 4.95. The standard InChI is InChI=1S/C12H16N2O3/c1-3-4-12(16)14-13-8-9-5-6-10(15)11(7-9)17-2/h5-8,15H,3-4H2,1-2H3,(H,14,16). The molecule has 5 heteroatoms. The van der Waals surface area contributed by atoms with Crippen LogP contribution < -0.4 is 10.2 Å². The Labute approximate surface area is 100 Å². The van der Waals surface area contributed by atoms with E-state index in [0.29, 0.717) is 12.2 Å². The number of hydrogen-bond donors (Lipinski definition) is 2. The highest BCUT2D eigenvalue weighted by Crippen LogP contribution is 2.25. The van der Waals surface area contributed by atoms with Crippen LogP contribution in [-0.4, -0.2) is 24.3 Å². The van der Waals surface area contributed by atoms with E-state index in [9.17, 15) is 9.90 Å². The van der Waals surface area contributed by atoms with Crippen LogP contribution in [0, 0.1) is 0 Å². The number of nitrogens with zero attached hydrogens (tertiary/aromatic N) is 1. The minimum absolute atomic E-state index is 0.0691. The monoisotopic (exact) mass is 236 g/mol. The maximum Gasteiger partial charge on any atom is 0.240 e. The van der Waals surface area contributed by atoms with E-state index in [0.717, 1.165) is 12.0 Å². The van der Waals surface area contributed by atoms with Crippen molar-refractivity contribution in [1.82, 2.24) is 5.43 Å². The molecule has 0 spiro atoms. The molecule has 1 rings (SSSR count). The quantitative estimate of drug-likeness (QED) is 0.603. The average Bonchev–Trinajstić information content (AvgIpc) is 2.31. The summed E-state index contributed by atoms with van der Waals surface area (Å²) in [6, 6.07) is 4.81. The molecular weight excluding hydrogens is 220 g/mol. The summed E-state index contributed by atoms with van der Waals surface area (Å²) in [5.74, 6) is 0.322. The Balaban J connectivity index is 2.62. The Bertz CT molecular complexity index is 416. The summed E-state index contributed by atoms with van der Waals surface area (Å²) in [6.45, 7) is 1.92. The zero-order valence-electron chi connectivity index (χ0n) is 9.93. The lowest BCUT2D eigenvalue weighted by Gasteiger charge is -2.03. The maximum absolute atomic E-state index is 11.1. The van der Waals surface area contributed by atoms with Crippen LogP contribution in [0.25, 0.3) is 0 Å². The third-order valence-corrected chi connectivity index (χ3v) is 2.08. The molecule has 0 aliphatic heterocycles. The van der Waals surface area contributed by atoms with Crippen molar-refractivity contribution in [2.45, 2.75) is 19.8 Å². The molecule has 0 aromatic heterocycles. The normalized spacial score (nSPS) is 10.5. The van der Waals surface area contributed by atoms with Crippen molar-refractivity contribution in [3.8, 4) is 11.5 Å². The number of methoxy groups -OCH3 is 1. The summed E-state index contributed by atoms with van der Waals surface area (Å²) >= 11 is 0. The first kappa shape index (κ1) is 13.0. The number of hydrazone groups is 1. The molecule has 0 heterocycles. The zero-order valence-corrected chi connectivity index (χ0v) is 9.93. The van der Waals surface area contributed by atoms with Gasteiger partial charge < -0.3 is 9.84 Å². The molecule has 0 fully saturated rings. The van der Waals surface area contributed by atoms with E-state index >= 15 is 0 Å². The van der Waals surface area contributed by atoms with Crippen LogP contribution in [0.1, 0.15) is 25.3 Å². The van der Waals surface area contributed by atoms with Crippen LogP contribution in [0.2, 0.25) is 0 Å². The van der Waals surface area contributed by atoms with Gasteiger partial charge in [0.2, 0.25) is 5.91 Å². The molecule has 5 nitrogen and oxygen atoms in total. The van der Waals surface area contributed by atoms with Gasteiger partial charge in [0.05, 0.1) is 13.3 Å². The molecule has 2 N–H and O–H groups in total. The van der Waals surface area contributed by atoms with Gasteiger partial charge in [0.1, 0.15) is 0 Å². The smallest absolute Gasteiger partial charge is 0.240 e. The highest BCUT2D eigenvalue weighted by atomic mass is 16.5. The lowest BCUT2D eigenvalue weighted by atomic mass is 10.2. The molecule has 0 radical (unpaired) electrons. The van der Waals surface area contributed by atoms with Gasteiger partial charge in [-0.05, 0) is 30.2 Å². The number of aromatic hydroxyl groups is 1. The summed E-state index contributed by atoms with van der Waals surface area (Å²) in [4.78, 5) is 11.1. The average molecular weight is 236 g/mol. The lowest BCUT2D eigenvalue weighted by molar-refractivity contribution is -0.121. The Hall–Kier alpha value is -2.04. The van der Waals surface area contributed by atoms with Gasteiger partial charge >= 0.3 is 0 Å². The van der Waals surface area contributed by atoms with E-state index < -0.39 is 0 Å².